The minimum Gasteiger partial charge on any atom is -0.497 e. The zero-order valence-corrected chi connectivity index (χ0v) is 11.7. The van der Waals surface area contributed by atoms with Gasteiger partial charge in [-0.25, -0.2) is 4.79 Å². The van der Waals surface area contributed by atoms with E-state index in [4.69, 9.17) is 26.8 Å². The molecule has 20 heavy (non-hydrogen) atoms. The van der Waals surface area contributed by atoms with Crippen LogP contribution in [0.5, 0.6) is 5.75 Å². The van der Waals surface area contributed by atoms with Gasteiger partial charge in [0, 0.05) is 10.7 Å². The Balaban J connectivity index is 2.04. The first-order valence-electron chi connectivity index (χ1n) is 5.94. The summed E-state index contributed by atoms with van der Waals surface area (Å²) in [6, 6.07) is 11.9. The van der Waals surface area contributed by atoms with Gasteiger partial charge in [-0.05, 0) is 35.9 Å². The summed E-state index contributed by atoms with van der Waals surface area (Å²) in [4.78, 5) is 11.9. The van der Waals surface area contributed by atoms with Crippen LogP contribution >= 0.6 is 11.6 Å². The van der Waals surface area contributed by atoms with Gasteiger partial charge in [-0.15, -0.1) is 0 Å². The maximum atomic E-state index is 11.9. The van der Waals surface area contributed by atoms with Crippen LogP contribution in [0.15, 0.2) is 42.5 Å². The fraction of sp³-hybridized carbons (Fsp3) is 0.133. The molecule has 0 aromatic heterocycles. The van der Waals surface area contributed by atoms with E-state index in [2.05, 4.69) is 0 Å². The number of nitrogens with two attached hydrogens (primary N) is 1. The van der Waals surface area contributed by atoms with Gasteiger partial charge in [-0.1, -0.05) is 23.7 Å². The number of rotatable bonds is 4. The van der Waals surface area contributed by atoms with Gasteiger partial charge in [0.2, 0.25) is 0 Å². The Morgan fingerprint density at radius 1 is 1.25 bits per heavy atom. The lowest BCUT2D eigenvalue weighted by molar-refractivity contribution is 0.0472. The van der Waals surface area contributed by atoms with Crippen LogP contribution in [0.3, 0.4) is 0 Å². The van der Waals surface area contributed by atoms with Crippen LogP contribution < -0.4 is 10.5 Å². The van der Waals surface area contributed by atoms with Gasteiger partial charge < -0.3 is 15.2 Å². The zero-order chi connectivity index (χ0) is 14.5. The lowest BCUT2D eigenvalue weighted by Gasteiger charge is -2.07. The van der Waals surface area contributed by atoms with Crippen LogP contribution in [-0.4, -0.2) is 13.1 Å². The number of carbonyl (C=O) groups excluding carboxylic acids is 1. The molecule has 0 saturated heterocycles. The quantitative estimate of drug-likeness (QED) is 0.693. The number of ether oxygens (including phenoxy) is 2. The summed E-state index contributed by atoms with van der Waals surface area (Å²) in [7, 11) is 1.58. The highest BCUT2D eigenvalue weighted by molar-refractivity contribution is 6.31. The van der Waals surface area contributed by atoms with Crippen LogP contribution in [0.2, 0.25) is 5.02 Å². The lowest BCUT2D eigenvalue weighted by atomic mass is 10.2. The highest BCUT2D eigenvalue weighted by Crippen LogP contribution is 2.18. The number of benzene rings is 2. The molecule has 2 aromatic rings. The molecule has 0 aliphatic rings. The first kappa shape index (κ1) is 14.2. The number of nitrogen functional groups attached to an aromatic ring is 1. The Kier molecular flexibility index (Phi) is 4.48. The first-order valence-corrected chi connectivity index (χ1v) is 6.32. The Bertz CT molecular complexity index is 608. The third-order valence-corrected chi connectivity index (χ3v) is 2.88. The van der Waals surface area contributed by atoms with E-state index in [0.29, 0.717) is 22.0 Å². The summed E-state index contributed by atoms with van der Waals surface area (Å²) in [5.74, 6) is 0.243. The summed E-state index contributed by atoms with van der Waals surface area (Å²) in [5, 5.41) is 0.401. The normalized spacial score (nSPS) is 10.1. The molecule has 2 aromatic carbocycles. The SMILES string of the molecule is COc1cccc(COC(=O)c2cc(N)cc(Cl)c2)c1. The van der Waals surface area contributed by atoms with Gasteiger partial charge in [0.25, 0.3) is 0 Å². The third kappa shape index (κ3) is 3.65. The lowest BCUT2D eigenvalue weighted by Crippen LogP contribution is -2.06. The molecule has 104 valence electrons. The molecular formula is C15H14ClNO3. The molecule has 0 aliphatic carbocycles. The number of anilines is 1. The number of hydrogen-bond acceptors (Lipinski definition) is 4. The zero-order valence-electron chi connectivity index (χ0n) is 10.9. The van der Waals surface area contributed by atoms with Crippen molar-refractivity contribution >= 4 is 23.3 Å². The standard InChI is InChI=1S/C15H14ClNO3/c1-19-14-4-2-3-10(5-14)9-20-15(18)11-6-12(16)8-13(17)7-11/h2-8H,9,17H2,1H3. The van der Waals surface area contributed by atoms with Gasteiger partial charge in [0.1, 0.15) is 12.4 Å². The van der Waals surface area contributed by atoms with E-state index in [1.807, 2.05) is 18.2 Å². The number of carbonyl (C=O) groups is 1. The number of hydrogen-bond donors (Lipinski definition) is 1. The molecular weight excluding hydrogens is 278 g/mol. The van der Waals surface area contributed by atoms with Crippen molar-refractivity contribution in [3.8, 4) is 5.75 Å². The highest BCUT2D eigenvalue weighted by Gasteiger charge is 2.09. The van der Waals surface area contributed by atoms with Crippen molar-refractivity contribution in [3.63, 3.8) is 0 Å². The molecule has 0 bridgehead atoms. The van der Waals surface area contributed by atoms with Crippen molar-refractivity contribution in [2.24, 2.45) is 0 Å². The van der Waals surface area contributed by atoms with Crippen LogP contribution in [-0.2, 0) is 11.3 Å². The molecule has 4 nitrogen and oxygen atoms in total. The van der Waals surface area contributed by atoms with Gasteiger partial charge in [0.15, 0.2) is 0 Å². The molecule has 0 fully saturated rings. The Hall–Kier alpha value is -2.20. The molecule has 0 radical (unpaired) electrons. The van der Waals surface area contributed by atoms with Crippen molar-refractivity contribution in [3.05, 3.63) is 58.6 Å². The molecule has 0 unspecified atom stereocenters. The smallest absolute Gasteiger partial charge is 0.338 e. The monoisotopic (exact) mass is 291 g/mol. The van der Waals surface area contributed by atoms with E-state index in [1.165, 1.54) is 12.1 Å². The number of methoxy groups -OCH3 is 1. The predicted octanol–water partition coefficient (Wildman–Crippen LogP) is 3.29. The fourth-order valence-corrected chi connectivity index (χ4v) is 1.97. The van der Waals surface area contributed by atoms with E-state index >= 15 is 0 Å². The average molecular weight is 292 g/mol. The second-order valence-corrected chi connectivity index (χ2v) is 4.64. The number of esters is 1. The van der Waals surface area contributed by atoms with E-state index in [0.717, 1.165) is 5.56 Å². The summed E-state index contributed by atoms with van der Waals surface area (Å²) in [6.07, 6.45) is 0. The Labute approximate surface area is 122 Å². The third-order valence-electron chi connectivity index (χ3n) is 2.66. The number of halogens is 1. The molecule has 2 N–H and O–H groups in total. The van der Waals surface area contributed by atoms with Crippen molar-refractivity contribution in [1.82, 2.24) is 0 Å². The first-order chi connectivity index (χ1) is 9.58. The molecule has 5 heteroatoms. The second kappa shape index (κ2) is 6.30. The fourth-order valence-electron chi connectivity index (χ4n) is 1.72. The predicted molar refractivity (Wildman–Crippen MR) is 78.0 cm³/mol. The molecule has 0 amide bonds. The van der Waals surface area contributed by atoms with Crippen molar-refractivity contribution in [2.45, 2.75) is 6.61 Å². The van der Waals surface area contributed by atoms with Crippen molar-refractivity contribution in [2.75, 3.05) is 12.8 Å². The van der Waals surface area contributed by atoms with Gasteiger partial charge in [-0.3, -0.25) is 0 Å². The molecule has 0 spiro atoms. The maximum absolute atomic E-state index is 11.9. The van der Waals surface area contributed by atoms with E-state index < -0.39 is 5.97 Å². The minimum atomic E-state index is -0.470. The molecule has 0 aliphatic heterocycles. The van der Waals surface area contributed by atoms with Gasteiger partial charge >= 0.3 is 5.97 Å². The van der Waals surface area contributed by atoms with Crippen LogP contribution in [0.25, 0.3) is 0 Å². The van der Waals surface area contributed by atoms with Gasteiger partial charge in [-0.2, -0.15) is 0 Å². The average Bonchev–Trinajstić information content (AvgIpc) is 2.44. The summed E-state index contributed by atoms with van der Waals surface area (Å²) >= 11 is 5.85. The largest absolute Gasteiger partial charge is 0.497 e. The highest BCUT2D eigenvalue weighted by atomic mass is 35.5. The van der Waals surface area contributed by atoms with E-state index in [9.17, 15) is 4.79 Å². The minimum absolute atomic E-state index is 0.155. The maximum Gasteiger partial charge on any atom is 0.338 e. The Morgan fingerprint density at radius 3 is 2.75 bits per heavy atom. The van der Waals surface area contributed by atoms with Crippen LogP contribution in [0.4, 0.5) is 5.69 Å². The van der Waals surface area contributed by atoms with E-state index in [1.54, 1.807) is 19.2 Å². The topological polar surface area (TPSA) is 61.5 Å². The summed E-state index contributed by atoms with van der Waals surface area (Å²) < 4.78 is 10.3. The summed E-state index contributed by atoms with van der Waals surface area (Å²) in [6.45, 7) is 0.155. The molecule has 0 saturated carbocycles. The second-order valence-electron chi connectivity index (χ2n) is 4.20. The summed E-state index contributed by atoms with van der Waals surface area (Å²) in [5.41, 5.74) is 7.23. The van der Waals surface area contributed by atoms with Crippen molar-refractivity contribution in [1.29, 1.82) is 0 Å². The van der Waals surface area contributed by atoms with Gasteiger partial charge in [0.05, 0.1) is 12.7 Å². The molecule has 0 heterocycles. The Morgan fingerprint density at radius 2 is 2.05 bits per heavy atom. The van der Waals surface area contributed by atoms with E-state index in [-0.39, 0.29) is 6.61 Å². The van der Waals surface area contributed by atoms with Crippen LogP contribution in [0.1, 0.15) is 15.9 Å². The van der Waals surface area contributed by atoms with Crippen molar-refractivity contribution < 1.29 is 14.3 Å². The van der Waals surface area contributed by atoms with Crippen LogP contribution in [0, 0.1) is 0 Å². The molecule has 0 atom stereocenters. The molecule has 2 rings (SSSR count).